The molecule has 0 aromatic rings. The molecule has 4 heterocycles. The molecule has 4 bridgehead atoms. The lowest BCUT2D eigenvalue weighted by Crippen LogP contribution is -2.75. The van der Waals surface area contributed by atoms with Gasteiger partial charge in [0.05, 0.1) is 5.60 Å². The van der Waals surface area contributed by atoms with Crippen molar-refractivity contribution in [3.63, 3.8) is 0 Å². The van der Waals surface area contributed by atoms with E-state index in [0.29, 0.717) is 11.8 Å². The number of likely N-dealkylation sites (N-methyl/N-ethyl adjacent to an activating group) is 1. The molecule has 0 radical (unpaired) electrons. The maximum Gasteiger partial charge on any atom is 0.0906 e. The van der Waals surface area contributed by atoms with Crippen LogP contribution in [0.1, 0.15) is 13.8 Å². The summed E-state index contributed by atoms with van der Waals surface area (Å²) in [6.45, 7) is 11.9. The van der Waals surface area contributed by atoms with Crippen LogP contribution >= 0.6 is 0 Å². The summed E-state index contributed by atoms with van der Waals surface area (Å²) in [5.41, 5.74) is -0.499. The minimum atomic E-state index is -0.534. The van der Waals surface area contributed by atoms with Gasteiger partial charge in [0.25, 0.3) is 0 Å². The molecule has 3 atom stereocenters. The van der Waals surface area contributed by atoms with E-state index in [1.807, 2.05) is 7.05 Å². The van der Waals surface area contributed by atoms with Crippen molar-refractivity contribution >= 4 is 0 Å². The summed E-state index contributed by atoms with van der Waals surface area (Å²) in [4.78, 5) is 5.17. The number of aliphatic hydroxyl groups is 1. The molecule has 2 N–H and O–H groups in total. The van der Waals surface area contributed by atoms with Gasteiger partial charge in [-0.1, -0.05) is 13.8 Å². The highest BCUT2D eigenvalue weighted by molar-refractivity contribution is 5.16. The van der Waals surface area contributed by atoms with Crippen LogP contribution in [0.4, 0.5) is 0 Å². The largest absolute Gasteiger partial charge is 0.387 e. The van der Waals surface area contributed by atoms with E-state index in [1.54, 1.807) is 0 Å². The Morgan fingerprint density at radius 2 is 1.78 bits per heavy atom. The molecule has 4 aliphatic heterocycles. The van der Waals surface area contributed by atoms with Gasteiger partial charge in [0.15, 0.2) is 0 Å². The van der Waals surface area contributed by atoms with E-state index in [0.717, 1.165) is 32.7 Å². The second-order valence-corrected chi connectivity index (χ2v) is 6.93. The number of hydrogen-bond acceptors (Lipinski definition) is 4. The van der Waals surface area contributed by atoms with Crippen molar-refractivity contribution in [3.8, 4) is 0 Å². The van der Waals surface area contributed by atoms with Crippen molar-refractivity contribution in [1.82, 2.24) is 15.1 Å². The summed E-state index contributed by atoms with van der Waals surface area (Å²) < 4.78 is 0. The molecule has 4 heteroatoms. The van der Waals surface area contributed by atoms with Crippen LogP contribution in [-0.2, 0) is 0 Å². The van der Waals surface area contributed by atoms with Gasteiger partial charge in [0.2, 0.25) is 0 Å². The van der Waals surface area contributed by atoms with E-state index < -0.39 is 5.60 Å². The molecular formula is C14H27N3O. The topological polar surface area (TPSA) is 38.7 Å². The minimum Gasteiger partial charge on any atom is -0.387 e. The molecule has 4 rings (SSSR count). The van der Waals surface area contributed by atoms with Crippen LogP contribution in [0, 0.1) is 17.3 Å². The van der Waals surface area contributed by atoms with Gasteiger partial charge in [-0.15, -0.1) is 0 Å². The Morgan fingerprint density at radius 3 is 2.22 bits per heavy atom. The number of rotatable bonds is 3. The molecule has 0 spiro atoms. The summed E-state index contributed by atoms with van der Waals surface area (Å²) in [6, 6.07) is 0. The first-order chi connectivity index (χ1) is 8.52. The number of fused-ring (bicyclic) bond motifs is 1. The average Bonchev–Trinajstić information content (AvgIpc) is 2.54. The molecule has 18 heavy (non-hydrogen) atoms. The Hall–Kier alpha value is -0.160. The third-order valence-electron chi connectivity index (χ3n) is 5.79. The van der Waals surface area contributed by atoms with E-state index in [9.17, 15) is 5.11 Å². The zero-order chi connectivity index (χ0) is 13.0. The Labute approximate surface area is 110 Å². The fourth-order valence-electron chi connectivity index (χ4n) is 4.72. The highest BCUT2D eigenvalue weighted by atomic mass is 16.3. The van der Waals surface area contributed by atoms with Gasteiger partial charge in [-0.25, -0.2) is 0 Å². The molecule has 4 fully saturated rings. The van der Waals surface area contributed by atoms with Crippen LogP contribution in [0.15, 0.2) is 0 Å². The van der Waals surface area contributed by atoms with E-state index in [-0.39, 0.29) is 5.41 Å². The number of hydrogen-bond donors (Lipinski definition) is 2. The first-order valence-corrected chi connectivity index (χ1v) is 7.33. The monoisotopic (exact) mass is 253 g/mol. The van der Waals surface area contributed by atoms with Gasteiger partial charge in [0.1, 0.15) is 0 Å². The van der Waals surface area contributed by atoms with Crippen LogP contribution < -0.4 is 5.32 Å². The van der Waals surface area contributed by atoms with Gasteiger partial charge < -0.3 is 20.2 Å². The van der Waals surface area contributed by atoms with Crippen molar-refractivity contribution < 1.29 is 5.11 Å². The van der Waals surface area contributed by atoms with Crippen molar-refractivity contribution in [2.24, 2.45) is 17.3 Å². The van der Waals surface area contributed by atoms with Crippen LogP contribution in [0.3, 0.4) is 0 Å². The molecule has 4 nitrogen and oxygen atoms in total. The number of piperidine rings is 2. The minimum absolute atomic E-state index is 0.0354. The van der Waals surface area contributed by atoms with Crippen molar-refractivity contribution in [1.29, 1.82) is 0 Å². The third-order valence-corrected chi connectivity index (χ3v) is 5.79. The average molecular weight is 253 g/mol. The van der Waals surface area contributed by atoms with Crippen LogP contribution in [0.5, 0.6) is 0 Å². The Bertz CT molecular complexity index is 317. The molecular weight excluding hydrogens is 226 g/mol. The second kappa shape index (κ2) is 4.17. The van der Waals surface area contributed by atoms with Gasteiger partial charge in [-0.3, -0.25) is 0 Å². The second-order valence-electron chi connectivity index (χ2n) is 6.93. The number of nitrogens with zero attached hydrogens (tertiary/aromatic N) is 2. The standard InChI is InChI=1S/C14H27N3O/c1-11(2)13-9-16-4-5-17(10-13)7-12(6-16)14(13,18)8-15-3/h11-12,15,18H,4-10H2,1-3H3. The molecule has 0 aromatic carbocycles. The fraction of sp³-hybridized carbons (Fsp3) is 1.00. The third kappa shape index (κ3) is 1.52. The lowest BCUT2D eigenvalue weighted by Gasteiger charge is -2.62. The van der Waals surface area contributed by atoms with Crippen LogP contribution in [0.25, 0.3) is 0 Å². The van der Waals surface area contributed by atoms with E-state index in [1.165, 1.54) is 13.1 Å². The lowest BCUT2D eigenvalue weighted by atomic mass is 9.55. The van der Waals surface area contributed by atoms with E-state index >= 15 is 0 Å². The summed E-state index contributed by atoms with van der Waals surface area (Å²) >= 11 is 0. The molecule has 0 aliphatic carbocycles. The molecule has 104 valence electrons. The summed E-state index contributed by atoms with van der Waals surface area (Å²) in [5.74, 6) is 0.916. The summed E-state index contributed by atoms with van der Waals surface area (Å²) in [7, 11) is 1.96. The molecule has 4 aliphatic rings. The molecule has 0 amide bonds. The predicted molar refractivity (Wildman–Crippen MR) is 72.5 cm³/mol. The zero-order valence-electron chi connectivity index (χ0n) is 11.9. The zero-order valence-corrected chi connectivity index (χ0v) is 11.9. The highest BCUT2D eigenvalue weighted by Gasteiger charge is 2.63. The normalized spacial score (nSPS) is 50.8. The van der Waals surface area contributed by atoms with E-state index in [4.69, 9.17) is 0 Å². The molecule has 4 saturated heterocycles. The highest BCUT2D eigenvalue weighted by Crippen LogP contribution is 2.51. The van der Waals surface area contributed by atoms with Gasteiger partial charge in [0, 0.05) is 57.1 Å². The maximum absolute atomic E-state index is 11.4. The summed E-state index contributed by atoms with van der Waals surface area (Å²) in [6.07, 6.45) is 0. The SMILES string of the molecule is CNCC1(O)C2CN3CCN(C2)CC1(C(C)C)C3. The molecule has 0 aromatic heterocycles. The Balaban J connectivity index is 2.04. The Kier molecular flexibility index (Phi) is 2.98. The van der Waals surface area contributed by atoms with E-state index in [2.05, 4.69) is 29.0 Å². The first-order valence-electron chi connectivity index (χ1n) is 7.33. The lowest BCUT2D eigenvalue weighted by molar-refractivity contribution is -0.212. The maximum atomic E-state index is 11.4. The molecule has 0 saturated carbocycles. The molecule has 3 unspecified atom stereocenters. The van der Waals surface area contributed by atoms with Crippen LogP contribution in [-0.4, -0.2) is 73.4 Å². The summed E-state index contributed by atoms with van der Waals surface area (Å²) in [5, 5.41) is 14.7. The van der Waals surface area contributed by atoms with Crippen molar-refractivity contribution in [2.75, 3.05) is 52.9 Å². The predicted octanol–water partition coefficient (Wildman–Crippen LogP) is -0.160. The van der Waals surface area contributed by atoms with Crippen LogP contribution in [0.2, 0.25) is 0 Å². The smallest absolute Gasteiger partial charge is 0.0906 e. The quantitative estimate of drug-likeness (QED) is 0.733. The van der Waals surface area contributed by atoms with Crippen molar-refractivity contribution in [3.05, 3.63) is 0 Å². The van der Waals surface area contributed by atoms with Gasteiger partial charge >= 0.3 is 0 Å². The van der Waals surface area contributed by atoms with Crippen molar-refractivity contribution in [2.45, 2.75) is 19.4 Å². The van der Waals surface area contributed by atoms with Gasteiger partial charge in [-0.05, 0) is 13.0 Å². The fourth-order valence-corrected chi connectivity index (χ4v) is 4.72. The Morgan fingerprint density at radius 1 is 1.22 bits per heavy atom. The first kappa shape index (κ1) is 12.9. The number of nitrogens with one attached hydrogen (secondary N) is 1. The van der Waals surface area contributed by atoms with Gasteiger partial charge in [-0.2, -0.15) is 0 Å².